The third-order valence-corrected chi connectivity index (χ3v) is 5.37. The van der Waals surface area contributed by atoms with E-state index in [4.69, 9.17) is 0 Å². The van der Waals surface area contributed by atoms with Crippen LogP contribution in [-0.2, 0) is 0 Å². The molecule has 4 unspecified atom stereocenters. The van der Waals surface area contributed by atoms with Gasteiger partial charge in [0.25, 0.3) is 0 Å². The van der Waals surface area contributed by atoms with Crippen LogP contribution < -0.4 is 5.32 Å². The third-order valence-electron chi connectivity index (χ3n) is 5.37. The topological polar surface area (TPSA) is 12.0 Å². The smallest absolute Gasteiger partial charge is 0.00983 e. The summed E-state index contributed by atoms with van der Waals surface area (Å²) in [6.07, 6.45) is 5.90. The Kier molecular flexibility index (Phi) is 3.93. The predicted molar refractivity (Wildman–Crippen MR) is 81.3 cm³/mol. The summed E-state index contributed by atoms with van der Waals surface area (Å²) in [7, 11) is 0. The molecule has 2 aliphatic rings. The van der Waals surface area contributed by atoms with Crippen molar-refractivity contribution in [2.75, 3.05) is 6.54 Å². The standard InChI is InChI=1S/C18H27N/c1-13(2)17(15-6-4-3-5-7-15)12-19-18-11-14-8-9-16(18)10-14/h3-7,13-14,16-19H,8-12H2,1-2H3. The average Bonchev–Trinajstić information content (AvgIpc) is 3.02. The minimum absolute atomic E-state index is 0.653. The fraction of sp³-hybridized carbons (Fsp3) is 0.667. The van der Waals surface area contributed by atoms with Crippen LogP contribution in [0.4, 0.5) is 0 Å². The quantitative estimate of drug-likeness (QED) is 0.833. The second-order valence-corrected chi connectivity index (χ2v) is 6.95. The molecule has 1 aromatic rings. The zero-order valence-corrected chi connectivity index (χ0v) is 12.3. The van der Waals surface area contributed by atoms with Crippen LogP contribution in [0.3, 0.4) is 0 Å². The highest BCUT2D eigenvalue weighted by atomic mass is 14.9. The molecule has 0 spiro atoms. The van der Waals surface area contributed by atoms with Gasteiger partial charge in [-0.25, -0.2) is 0 Å². The lowest BCUT2D eigenvalue weighted by molar-refractivity contribution is 0.330. The Morgan fingerprint density at radius 1 is 1.11 bits per heavy atom. The fourth-order valence-corrected chi connectivity index (χ4v) is 4.21. The average molecular weight is 257 g/mol. The highest BCUT2D eigenvalue weighted by molar-refractivity contribution is 5.20. The van der Waals surface area contributed by atoms with E-state index in [9.17, 15) is 0 Å². The summed E-state index contributed by atoms with van der Waals surface area (Å²) in [6, 6.07) is 11.8. The van der Waals surface area contributed by atoms with E-state index in [0.29, 0.717) is 11.8 Å². The van der Waals surface area contributed by atoms with Gasteiger partial charge in [0.05, 0.1) is 0 Å². The summed E-state index contributed by atoms with van der Waals surface area (Å²) in [5.74, 6) is 3.37. The SMILES string of the molecule is CC(C)C(CNC1CC2CCC1C2)c1ccccc1. The van der Waals surface area contributed by atoms with Gasteiger partial charge in [0.1, 0.15) is 0 Å². The summed E-state index contributed by atoms with van der Waals surface area (Å²) in [5, 5.41) is 3.89. The van der Waals surface area contributed by atoms with E-state index in [1.165, 1.54) is 31.2 Å². The van der Waals surface area contributed by atoms with Crippen LogP contribution >= 0.6 is 0 Å². The molecule has 104 valence electrons. The molecule has 0 amide bonds. The lowest BCUT2D eigenvalue weighted by atomic mass is 9.87. The Hall–Kier alpha value is -0.820. The minimum Gasteiger partial charge on any atom is -0.313 e. The second kappa shape index (κ2) is 5.66. The highest BCUT2D eigenvalue weighted by Gasteiger charge is 2.39. The zero-order valence-electron chi connectivity index (χ0n) is 12.3. The van der Waals surface area contributed by atoms with Crippen LogP contribution in [-0.4, -0.2) is 12.6 Å². The monoisotopic (exact) mass is 257 g/mol. The maximum absolute atomic E-state index is 3.89. The molecule has 1 heteroatoms. The van der Waals surface area contributed by atoms with Gasteiger partial charge < -0.3 is 5.32 Å². The van der Waals surface area contributed by atoms with Gasteiger partial charge in [-0.3, -0.25) is 0 Å². The van der Waals surface area contributed by atoms with Crippen LogP contribution in [0.2, 0.25) is 0 Å². The molecule has 2 saturated carbocycles. The van der Waals surface area contributed by atoms with Crippen molar-refractivity contribution in [3.05, 3.63) is 35.9 Å². The first-order chi connectivity index (χ1) is 9.24. The van der Waals surface area contributed by atoms with Gasteiger partial charge in [0, 0.05) is 12.6 Å². The largest absolute Gasteiger partial charge is 0.313 e. The van der Waals surface area contributed by atoms with Crippen molar-refractivity contribution in [2.45, 2.75) is 51.5 Å². The summed E-state index contributed by atoms with van der Waals surface area (Å²) in [4.78, 5) is 0. The number of fused-ring (bicyclic) bond motifs is 2. The molecule has 2 fully saturated rings. The van der Waals surface area contributed by atoms with E-state index in [1.807, 2.05) is 0 Å². The third kappa shape index (κ3) is 2.86. The highest BCUT2D eigenvalue weighted by Crippen LogP contribution is 2.44. The van der Waals surface area contributed by atoms with Crippen molar-refractivity contribution in [1.29, 1.82) is 0 Å². The van der Waals surface area contributed by atoms with Crippen LogP contribution in [0.25, 0.3) is 0 Å². The Balaban J connectivity index is 1.60. The molecule has 0 aromatic heterocycles. The van der Waals surface area contributed by atoms with Gasteiger partial charge in [0.2, 0.25) is 0 Å². The van der Waals surface area contributed by atoms with E-state index in [-0.39, 0.29) is 0 Å². The van der Waals surface area contributed by atoms with Gasteiger partial charge in [-0.05, 0) is 48.5 Å². The Morgan fingerprint density at radius 3 is 2.47 bits per heavy atom. The molecule has 2 bridgehead atoms. The molecule has 1 N–H and O–H groups in total. The van der Waals surface area contributed by atoms with E-state index in [1.54, 1.807) is 0 Å². The number of hydrogen-bond donors (Lipinski definition) is 1. The molecule has 0 heterocycles. The molecule has 4 atom stereocenters. The van der Waals surface area contributed by atoms with E-state index in [0.717, 1.165) is 24.4 Å². The summed E-state index contributed by atoms with van der Waals surface area (Å²) < 4.78 is 0. The van der Waals surface area contributed by atoms with Gasteiger partial charge in [-0.2, -0.15) is 0 Å². The number of hydrogen-bond acceptors (Lipinski definition) is 1. The van der Waals surface area contributed by atoms with Gasteiger partial charge >= 0.3 is 0 Å². The van der Waals surface area contributed by atoms with Crippen molar-refractivity contribution >= 4 is 0 Å². The molecule has 19 heavy (non-hydrogen) atoms. The van der Waals surface area contributed by atoms with Crippen LogP contribution in [0.15, 0.2) is 30.3 Å². The van der Waals surface area contributed by atoms with Crippen molar-refractivity contribution < 1.29 is 0 Å². The molecule has 3 rings (SSSR count). The maximum Gasteiger partial charge on any atom is 0.00983 e. The van der Waals surface area contributed by atoms with E-state index in [2.05, 4.69) is 49.5 Å². The van der Waals surface area contributed by atoms with E-state index < -0.39 is 0 Å². The fourth-order valence-electron chi connectivity index (χ4n) is 4.21. The van der Waals surface area contributed by atoms with Crippen LogP contribution in [0.5, 0.6) is 0 Å². The normalized spacial score (nSPS) is 31.0. The summed E-state index contributed by atoms with van der Waals surface area (Å²) >= 11 is 0. The first-order valence-electron chi connectivity index (χ1n) is 8.02. The predicted octanol–water partition coefficient (Wildman–Crippen LogP) is 4.20. The molecular formula is C18H27N. The second-order valence-electron chi connectivity index (χ2n) is 6.95. The van der Waals surface area contributed by atoms with Crippen molar-refractivity contribution in [2.24, 2.45) is 17.8 Å². The molecule has 1 nitrogen and oxygen atoms in total. The first kappa shape index (κ1) is 13.2. The van der Waals surface area contributed by atoms with Crippen molar-refractivity contribution in [3.63, 3.8) is 0 Å². The molecule has 1 aromatic carbocycles. The molecular weight excluding hydrogens is 230 g/mol. The maximum atomic E-state index is 3.89. The van der Waals surface area contributed by atoms with Gasteiger partial charge in [-0.1, -0.05) is 50.6 Å². The minimum atomic E-state index is 0.653. The molecule has 2 aliphatic carbocycles. The van der Waals surface area contributed by atoms with Crippen LogP contribution in [0, 0.1) is 17.8 Å². The first-order valence-corrected chi connectivity index (χ1v) is 8.02. The Labute approximate surface area is 117 Å². The van der Waals surface area contributed by atoms with Crippen molar-refractivity contribution in [1.82, 2.24) is 5.32 Å². The van der Waals surface area contributed by atoms with Gasteiger partial charge in [0.15, 0.2) is 0 Å². The number of benzene rings is 1. The molecule has 0 radical (unpaired) electrons. The molecule has 0 saturated heterocycles. The molecule has 0 aliphatic heterocycles. The Bertz CT molecular complexity index is 397. The van der Waals surface area contributed by atoms with Crippen molar-refractivity contribution in [3.8, 4) is 0 Å². The van der Waals surface area contributed by atoms with Crippen LogP contribution in [0.1, 0.15) is 51.0 Å². The summed E-state index contributed by atoms with van der Waals surface area (Å²) in [6.45, 7) is 5.84. The van der Waals surface area contributed by atoms with E-state index >= 15 is 0 Å². The Morgan fingerprint density at radius 2 is 1.89 bits per heavy atom. The number of rotatable bonds is 5. The lowest BCUT2D eigenvalue weighted by Crippen LogP contribution is -2.37. The number of nitrogens with one attached hydrogen (secondary N) is 1. The van der Waals surface area contributed by atoms with Gasteiger partial charge in [-0.15, -0.1) is 0 Å². The lowest BCUT2D eigenvalue weighted by Gasteiger charge is -2.28. The summed E-state index contributed by atoms with van der Waals surface area (Å²) in [5.41, 5.74) is 1.49. The zero-order chi connectivity index (χ0) is 13.2.